The second kappa shape index (κ2) is 5.47. The molecule has 2 rings (SSSR count). The highest BCUT2D eigenvalue weighted by molar-refractivity contribution is 7.88. The summed E-state index contributed by atoms with van der Waals surface area (Å²) < 4.78 is 29.8. The Balaban J connectivity index is 2.18. The highest BCUT2D eigenvalue weighted by Gasteiger charge is 2.19. The lowest BCUT2D eigenvalue weighted by atomic mass is 10.1. The van der Waals surface area contributed by atoms with E-state index in [0.29, 0.717) is 0 Å². The molecule has 0 aliphatic rings. The fraction of sp³-hybridized carbons (Fsp3) is 0.273. The summed E-state index contributed by atoms with van der Waals surface area (Å²) >= 11 is 0. The van der Waals surface area contributed by atoms with Gasteiger partial charge in [0.15, 0.2) is 5.82 Å². The molecule has 0 aliphatic carbocycles. The maximum absolute atomic E-state index is 11.3. The summed E-state index contributed by atoms with van der Waals surface area (Å²) in [7, 11) is -2.11. The van der Waals surface area contributed by atoms with Crippen molar-refractivity contribution in [2.24, 2.45) is 5.73 Å². The molecule has 1 heterocycles. The van der Waals surface area contributed by atoms with Gasteiger partial charge in [-0.2, -0.15) is 4.98 Å². The van der Waals surface area contributed by atoms with Crippen LogP contribution in [-0.4, -0.2) is 25.6 Å². The Kier molecular flexibility index (Phi) is 3.93. The minimum absolute atomic E-state index is 0.00994. The molecule has 1 aromatic carbocycles. The third-order valence-electron chi connectivity index (χ3n) is 2.55. The first-order valence-electron chi connectivity index (χ1n) is 5.56. The zero-order valence-electron chi connectivity index (χ0n) is 10.3. The number of nitrogens with one attached hydrogen (secondary N) is 1. The van der Waals surface area contributed by atoms with Crippen LogP contribution in [0.1, 0.15) is 23.3 Å². The maximum atomic E-state index is 11.3. The van der Waals surface area contributed by atoms with Gasteiger partial charge in [-0.15, -0.1) is 0 Å². The van der Waals surface area contributed by atoms with Crippen molar-refractivity contribution in [1.82, 2.24) is 14.9 Å². The summed E-state index contributed by atoms with van der Waals surface area (Å²) in [5.74, 6) is -0.0962. The van der Waals surface area contributed by atoms with Gasteiger partial charge in [0.25, 0.3) is 0 Å². The number of nitrogens with two attached hydrogens (primary N) is 1. The van der Waals surface area contributed by atoms with Crippen molar-refractivity contribution in [2.45, 2.75) is 11.8 Å². The van der Waals surface area contributed by atoms with E-state index in [1.165, 1.54) is 7.05 Å². The van der Waals surface area contributed by atoms with E-state index in [1.807, 2.05) is 30.3 Å². The van der Waals surface area contributed by atoms with Crippen molar-refractivity contribution in [3.05, 3.63) is 47.6 Å². The SMILES string of the molecule is CNS(=O)(=O)Cc1nc(C(N)c2ccccc2)no1. The molecule has 0 amide bonds. The lowest BCUT2D eigenvalue weighted by molar-refractivity contribution is 0.380. The summed E-state index contributed by atoms with van der Waals surface area (Å²) in [6, 6.07) is 8.70. The Morgan fingerprint density at radius 1 is 1.37 bits per heavy atom. The van der Waals surface area contributed by atoms with E-state index >= 15 is 0 Å². The second-order valence-corrected chi connectivity index (χ2v) is 5.82. The van der Waals surface area contributed by atoms with Gasteiger partial charge < -0.3 is 10.3 Å². The van der Waals surface area contributed by atoms with Gasteiger partial charge in [-0.3, -0.25) is 0 Å². The molecule has 0 spiro atoms. The molecule has 3 N–H and O–H groups in total. The molecule has 1 unspecified atom stereocenters. The quantitative estimate of drug-likeness (QED) is 0.808. The lowest BCUT2D eigenvalue weighted by Gasteiger charge is -2.05. The van der Waals surface area contributed by atoms with Crippen molar-refractivity contribution in [3.8, 4) is 0 Å². The van der Waals surface area contributed by atoms with Gasteiger partial charge in [-0.1, -0.05) is 35.5 Å². The van der Waals surface area contributed by atoms with Crippen LogP contribution in [0.5, 0.6) is 0 Å². The van der Waals surface area contributed by atoms with Crippen molar-refractivity contribution < 1.29 is 12.9 Å². The van der Waals surface area contributed by atoms with E-state index in [4.69, 9.17) is 10.3 Å². The third kappa shape index (κ3) is 3.37. The highest BCUT2D eigenvalue weighted by atomic mass is 32.2. The van der Waals surface area contributed by atoms with Gasteiger partial charge in [0.2, 0.25) is 15.9 Å². The van der Waals surface area contributed by atoms with Crippen LogP contribution >= 0.6 is 0 Å². The minimum atomic E-state index is -3.44. The molecular weight excluding hydrogens is 268 g/mol. The van der Waals surface area contributed by atoms with Gasteiger partial charge in [-0.25, -0.2) is 13.1 Å². The third-order valence-corrected chi connectivity index (χ3v) is 3.79. The first kappa shape index (κ1) is 13.7. The molecular formula is C11H14N4O3S. The van der Waals surface area contributed by atoms with Crippen molar-refractivity contribution >= 4 is 10.0 Å². The topological polar surface area (TPSA) is 111 Å². The van der Waals surface area contributed by atoms with Crippen LogP contribution in [0, 0.1) is 0 Å². The summed E-state index contributed by atoms with van der Waals surface area (Å²) in [5, 5.41) is 3.71. The monoisotopic (exact) mass is 282 g/mol. The van der Waals surface area contributed by atoms with Gasteiger partial charge in [-0.05, 0) is 12.6 Å². The van der Waals surface area contributed by atoms with Gasteiger partial charge >= 0.3 is 0 Å². The van der Waals surface area contributed by atoms with Gasteiger partial charge in [0.1, 0.15) is 5.75 Å². The van der Waals surface area contributed by atoms with E-state index < -0.39 is 16.1 Å². The fourth-order valence-electron chi connectivity index (χ4n) is 1.50. The van der Waals surface area contributed by atoms with Crippen LogP contribution in [0.3, 0.4) is 0 Å². The summed E-state index contributed by atoms with van der Waals surface area (Å²) in [6.45, 7) is 0. The molecule has 1 aromatic heterocycles. The van der Waals surface area contributed by atoms with Crippen molar-refractivity contribution in [2.75, 3.05) is 7.05 Å². The molecule has 7 nitrogen and oxygen atoms in total. The normalized spacial score (nSPS) is 13.4. The first-order valence-corrected chi connectivity index (χ1v) is 7.21. The van der Waals surface area contributed by atoms with E-state index in [2.05, 4.69) is 14.9 Å². The number of hydrogen-bond donors (Lipinski definition) is 2. The zero-order valence-corrected chi connectivity index (χ0v) is 11.1. The minimum Gasteiger partial charge on any atom is -0.338 e. The van der Waals surface area contributed by atoms with Crippen molar-refractivity contribution in [1.29, 1.82) is 0 Å². The van der Waals surface area contributed by atoms with Crippen LogP contribution in [0.15, 0.2) is 34.9 Å². The largest absolute Gasteiger partial charge is 0.338 e. The van der Waals surface area contributed by atoms with Crippen LogP contribution in [-0.2, 0) is 15.8 Å². The summed E-state index contributed by atoms with van der Waals surface area (Å²) in [4.78, 5) is 4.00. The average molecular weight is 282 g/mol. The van der Waals surface area contributed by atoms with Crippen molar-refractivity contribution in [3.63, 3.8) is 0 Å². The van der Waals surface area contributed by atoms with E-state index in [0.717, 1.165) is 5.56 Å². The second-order valence-electron chi connectivity index (χ2n) is 3.90. The molecule has 0 fully saturated rings. The highest BCUT2D eigenvalue weighted by Crippen LogP contribution is 2.16. The predicted octanol–water partition coefficient (Wildman–Crippen LogP) is 0.167. The number of nitrogens with zero attached hydrogens (tertiary/aromatic N) is 2. The molecule has 19 heavy (non-hydrogen) atoms. The lowest BCUT2D eigenvalue weighted by Crippen LogP contribution is -2.20. The number of rotatable bonds is 5. The molecule has 0 bridgehead atoms. The van der Waals surface area contributed by atoms with Crippen LogP contribution in [0.4, 0.5) is 0 Å². The molecule has 0 saturated heterocycles. The zero-order chi connectivity index (χ0) is 13.9. The summed E-state index contributed by atoms with van der Waals surface area (Å²) in [5.41, 5.74) is 6.80. The Bertz CT molecular complexity index is 639. The first-order chi connectivity index (χ1) is 9.02. The summed E-state index contributed by atoms with van der Waals surface area (Å²) in [6.07, 6.45) is 0. The number of sulfonamides is 1. The molecule has 0 radical (unpaired) electrons. The molecule has 0 aliphatic heterocycles. The number of benzene rings is 1. The Morgan fingerprint density at radius 3 is 2.68 bits per heavy atom. The van der Waals surface area contributed by atoms with Crippen LogP contribution in [0.2, 0.25) is 0 Å². The van der Waals surface area contributed by atoms with Crippen LogP contribution < -0.4 is 10.5 Å². The number of hydrogen-bond acceptors (Lipinski definition) is 6. The molecule has 2 aromatic rings. The molecule has 0 saturated carbocycles. The van der Waals surface area contributed by atoms with E-state index in [1.54, 1.807) is 0 Å². The van der Waals surface area contributed by atoms with Gasteiger partial charge in [0.05, 0.1) is 6.04 Å². The van der Waals surface area contributed by atoms with Gasteiger partial charge in [0, 0.05) is 0 Å². The Labute approximate surface area is 110 Å². The molecule has 8 heteroatoms. The standard InChI is InChI=1S/C11H14N4O3S/c1-13-19(16,17)7-9-14-11(15-18-9)10(12)8-5-3-2-4-6-8/h2-6,10,13H,7,12H2,1H3. The maximum Gasteiger partial charge on any atom is 0.243 e. The van der Waals surface area contributed by atoms with E-state index in [-0.39, 0.29) is 17.5 Å². The number of aromatic nitrogens is 2. The molecule has 1 atom stereocenters. The Hall–Kier alpha value is -1.77. The fourth-order valence-corrected chi connectivity index (χ4v) is 2.08. The molecule has 102 valence electrons. The van der Waals surface area contributed by atoms with E-state index in [9.17, 15) is 8.42 Å². The predicted molar refractivity (Wildman–Crippen MR) is 68.5 cm³/mol. The van der Waals surface area contributed by atoms with Crippen LogP contribution in [0.25, 0.3) is 0 Å². The smallest absolute Gasteiger partial charge is 0.243 e. The average Bonchev–Trinajstić information content (AvgIpc) is 2.86. The Morgan fingerprint density at radius 2 is 2.05 bits per heavy atom.